The molecule has 1 unspecified atom stereocenters. The molecule has 24 heavy (non-hydrogen) atoms. The summed E-state index contributed by atoms with van der Waals surface area (Å²) in [5.74, 6) is -0.545. The molecule has 1 aliphatic heterocycles. The van der Waals surface area contributed by atoms with Crippen molar-refractivity contribution in [2.75, 3.05) is 26.7 Å². The third kappa shape index (κ3) is 3.20. The first-order chi connectivity index (χ1) is 11.5. The fraction of sp³-hybridized carbons (Fsp3) is 0.333. The van der Waals surface area contributed by atoms with Crippen molar-refractivity contribution in [1.82, 2.24) is 14.6 Å². The first kappa shape index (κ1) is 17.0. The summed E-state index contributed by atoms with van der Waals surface area (Å²) >= 11 is 1.02. The predicted octanol–water partition coefficient (Wildman–Crippen LogP) is 1.26. The second-order valence-electron chi connectivity index (χ2n) is 5.27. The van der Waals surface area contributed by atoms with Gasteiger partial charge in [0.1, 0.15) is 4.21 Å². The third-order valence-electron chi connectivity index (χ3n) is 3.82. The number of nitrogens with zero attached hydrogens (tertiary/aromatic N) is 2. The molecule has 9 heteroatoms. The van der Waals surface area contributed by atoms with Crippen LogP contribution in [0.15, 0.2) is 40.2 Å². The Morgan fingerprint density at radius 2 is 2.33 bits per heavy atom. The number of esters is 1. The molecule has 1 aliphatic rings. The van der Waals surface area contributed by atoms with E-state index in [4.69, 9.17) is 0 Å². The van der Waals surface area contributed by atoms with Crippen LogP contribution < -0.4 is 5.32 Å². The first-order valence-corrected chi connectivity index (χ1v) is 9.65. The van der Waals surface area contributed by atoms with E-state index >= 15 is 0 Å². The van der Waals surface area contributed by atoms with E-state index in [1.165, 1.54) is 22.9 Å². The summed E-state index contributed by atoms with van der Waals surface area (Å²) in [6.07, 6.45) is 3.33. The van der Waals surface area contributed by atoms with Gasteiger partial charge in [0.2, 0.25) is 0 Å². The van der Waals surface area contributed by atoms with Crippen LogP contribution in [0.4, 0.5) is 0 Å². The van der Waals surface area contributed by atoms with Crippen LogP contribution in [0.5, 0.6) is 0 Å². The minimum absolute atomic E-state index is 0.138. The number of pyridine rings is 1. The maximum absolute atomic E-state index is 13.0. The third-order valence-corrected chi connectivity index (χ3v) is 7.15. The largest absolute Gasteiger partial charge is 0.465 e. The van der Waals surface area contributed by atoms with Crippen molar-refractivity contribution in [3.8, 4) is 0 Å². The summed E-state index contributed by atoms with van der Waals surface area (Å²) in [4.78, 5) is 15.7. The number of sulfonamides is 1. The van der Waals surface area contributed by atoms with Crippen LogP contribution in [0.2, 0.25) is 0 Å². The summed E-state index contributed by atoms with van der Waals surface area (Å²) in [5, 5.41) is 4.71. The lowest BCUT2D eigenvalue weighted by Gasteiger charge is -2.34. The zero-order valence-corrected chi connectivity index (χ0v) is 14.6. The molecule has 0 spiro atoms. The maximum Gasteiger partial charge on any atom is 0.338 e. The number of hydrogen-bond acceptors (Lipinski definition) is 7. The van der Waals surface area contributed by atoms with Crippen LogP contribution >= 0.6 is 11.3 Å². The Balaban J connectivity index is 1.94. The Morgan fingerprint density at radius 3 is 3.04 bits per heavy atom. The maximum atomic E-state index is 13.0. The van der Waals surface area contributed by atoms with Crippen molar-refractivity contribution in [2.24, 2.45) is 0 Å². The summed E-state index contributed by atoms with van der Waals surface area (Å²) < 4.78 is 32.3. The lowest BCUT2D eigenvalue weighted by atomic mass is 10.1. The smallest absolute Gasteiger partial charge is 0.338 e. The Bertz CT molecular complexity index is 820. The molecular formula is C15H17N3O4S2. The molecule has 3 rings (SSSR count). The van der Waals surface area contributed by atoms with E-state index < -0.39 is 16.0 Å². The summed E-state index contributed by atoms with van der Waals surface area (Å²) in [6.45, 7) is 1.44. The van der Waals surface area contributed by atoms with Gasteiger partial charge in [0.05, 0.1) is 18.7 Å². The van der Waals surface area contributed by atoms with Gasteiger partial charge in [-0.15, -0.1) is 11.3 Å². The Morgan fingerprint density at radius 1 is 1.50 bits per heavy atom. The average Bonchev–Trinajstić information content (AvgIpc) is 3.13. The van der Waals surface area contributed by atoms with Gasteiger partial charge in [0.25, 0.3) is 10.0 Å². The van der Waals surface area contributed by atoms with Crippen molar-refractivity contribution in [2.45, 2.75) is 10.3 Å². The van der Waals surface area contributed by atoms with Crippen molar-refractivity contribution in [3.05, 3.63) is 47.1 Å². The number of nitrogens with one attached hydrogen (secondary N) is 1. The second kappa shape index (κ2) is 6.98. The second-order valence-corrected chi connectivity index (χ2v) is 8.30. The number of methoxy groups -OCH3 is 1. The summed E-state index contributed by atoms with van der Waals surface area (Å²) in [5.41, 5.74) is 1.08. The van der Waals surface area contributed by atoms with E-state index in [-0.39, 0.29) is 15.8 Å². The molecule has 1 saturated heterocycles. The number of hydrogen-bond donors (Lipinski definition) is 1. The minimum atomic E-state index is -3.70. The SMILES string of the molecule is COC(=O)c1csc(S(=O)(=O)N2CCNCC2c2cccnc2)c1. The highest BCUT2D eigenvalue weighted by Gasteiger charge is 2.35. The van der Waals surface area contributed by atoms with Crippen molar-refractivity contribution < 1.29 is 17.9 Å². The number of piperazine rings is 1. The van der Waals surface area contributed by atoms with E-state index in [0.29, 0.717) is 19.6 Å². The van der Waals surface area contributed by atoms with E-state index in [2.05, 4.69) is 15.0 Å². The molecule has 3 heterocycles. The molecule has 0 amide bonds. The van der Waals surface area contributed by atoms with Gasteiger partial charge in [-0.3, -0.25) is 4.98 Å². The standard InChI is InChI=1S/C15H17N3O4S2/c1-22-15(19)12-7-14(23-10-12)24(20,21)18-6-5-17-9-13(18)11-3-2-4-16-8-11/h2-4,7-8,10,13,17H,5-6,9H2,1H3. The van der Waals surface area contributed by atoms with Crippen LogP contribution in [0.25, 0.3) is 0 Å². The number of ether oxygens (including phenoxy) is 1. The lowest BCUT2D eigenvalue weighted by molar-refractivity contribution is 0.0601. The molecule has 0 aromatic carbocycles. The molecule has 0 bridgehead atoms. The van der Waals surface area contributed by atoms with Crippen LogP contribution in [-0.4, -0.2) is 50.4 Å². The van der Waals surface area contributed by atoms with Crippen LogP contribution in [0.3, 0.4) is 0 Å². The van der Waals surface area contributed by atoms with E-state index in [1.807, 2.05) is 6.07 Å². The Hall–Kier alpha value is -1.81. The van der Waals surface area contributed by atoms with Crippen molar-refractivity contribution >= 4 is 27.3 Å². The van der Waals surface area contributed by atoms with Gasteiger partial charge >= 0.3 is 5.97 Å². The molecule has 0 aliphatic carbocycles. The number of rotatable bonds is 4. The molecule has 2 aromatic rings. The quantitative estimate of drug-likeness (QED) is 0.819. The number of carbonyl (C=O) groups is 1. The topological polar surface area (TPSA) is 88.6 Å². The Labute approximate surface area is 144 Å². The molecule has 2 aromatic heterocycles. The minimum Gasteiger partial charge on any atom is -0.465 e. The first-order valence-electron chi connectivity index (χ1n) is 7.33. The van der Waals surface area contributed by atoms with Gasteiger partial charge in [-0.25, -0.2) is 13.2 Å². The van der Waals surface area contributed by atoms with Gasteiger partial charge in [-0.2, -0.15) is 4.31 Å². The zero-order chi connectivity index (χ0) is 17.2. The van der Waals surface area contributed by atoms with Gasteiger partial charge in [-0.1, -0.05) is 6.07 Å². The van der Waals surface area contributed by atoms with Crippen LogP contribution in [0.1, 0.15) is 22.0 Å². The average molecular weight is 367 g/mol. The fourth-order valence-electron chi connectivity index (χ4n) is 2.62. The normalized spacial score (nSPS) is 19.1. The summed E-state index contributed by atoms with van der Waals surface area (Å²) in [6, 6.07) is 4.69. The number of carbonyl (C=O) groups excluding carboxylic acids is 1. The molecule has 1 fully saturated rings. The molecule has 1 atom stereocenters. The molecule has 0 saturated carbocycles. The summed E-state index contributed by atoms with van der Waals surface area (Å²) in [7, 11) is -2.44. The lowest BCUT2D eigenvalue weighted by Crippen LogP contribution is -2.48. The van der Waals surface area contributed by atoms with E-state index in [9.17, 15) is 13.2 Å². The highest BCUT2D eigenvalue weighted by Crippen LogP contribution is 2.31. The number of aromatic nitrogens is 1. The predicted molar refractivity (Wildman–Crippen MR) is 89.4 cm³/mol. The van der Waals surface area contributed by atoms with Gasteiger partial charge in [0, 0.05) is 37.4 Å². The monoisotopic (exact) mass is 367 g/mol. The van der Waals surface area contributed by atoms with Crippen molar-refractivity contribution in [1.29, 1.82) is 0 Å². The number of thiophene rings is 1. The van der Waals surface area contributed by atoms with Gasteiger partial charge in [-0.05, 0) is 17.7 Å². The molecular weight excluding hydrogens is 350 g/mol. The van der Waals surface area contributed by atoms with Crippen LogP contribution in [0, 0.1) is 0 Å². The van der Waals surface area contributed by atoms with Gasteiger partial charge < -0.3 is 10.1 Å². The highest BCUT2D eigenvalue weighted by molar-refractivity contribution is 7.91. The van der Waals surface area contributed by atoms with E-state index in [1.54, 1.807) is 18.5 Å². The molecule has 1 N–H and O–H groups in total. The van der Waals surface area contributed by atoms with Crippen molar-refractivity contribution in [3.63, 3.8) is 0 Å². The molecule has 0 radical (unpaired) electrons. The highest BCUT2D eigenvalue weighted by atomic mass is 32.2. The van der Waals surface area contributed by atoms with E-state index in [0.717, 1.165) is 16.9 Å². The fourth-order valence-corrected chi connectivity index (χ4v) is 5.51. The van der Waals surface area contributed by atoms with Gasteiger partial charge in [0.15, 0.2) is 0 Å². The zero-order valence-electron chi connectivity index (χ0n) is 13.0. The molecule has 128 valence electrons. The Kier molecular flexibility index (Phi) is 4.95. The van der Waals surface area contributed by atoms with Crippen LogP contribution in [-0.2, 0) is 14.8 Å². The molecule has 7 nitrogen and oxygen atoms in total.